The first-order valence-corrected chi connectivity index (χ1v) is 11.3. The number of carbonyl (C=O) groups is 2. The number of fused-ring (bicyclic) bond motifs is 1. The third kappa shape index (κ3) is 4.10. The minimum absolute atomic E-state index is 0.0829. The van der Waals surface area contributed by atoms with Crippen molar-refractivity contribution in [2.45, 2.75) is 32.2 Å². The first-order valence-electron chi connectivity index (χ1n) is 11.3. The summed E-state index contributed by atoms with van der Waals surface area (Å²) in [7, 11) is 0. The van der Waals surface area contributed by atoms with Crippen LogP contribution in [0.2, 0.25) is 0 Å². The predicted molar refractivity (Wildman–Crippen MR) is 128 cm³/mol. The Hall–Kier alpha value is -4.20. The van der Waals surface area contributed by atoms with Gasteiger partial charge in [0.25, 0.3) is 11.5 Å². The highest BCUT2D eigenvalue weighted by atomic mass is 16.2. The number of carbonyl (C=O) groups excluding carboxylic acids is 2. The van der Waals surface area contributed by atoms with E-state index in [1.54, 1.807) is 67.0 Å². The smallest absolute Gasteiger partial charge is 0.298 e. The second-order valence-corrected chi connectivity index (χ2v) is 8.62. The summed E-state index contributed by atoms with van der Waals surface area (Å²) in [6.45, 7) is 0.252. The molecule has 34 heavy (non-hydrogen) atoms. The van der Waals surface area contributed by atoms with E-state index in [4.69, 9.17) is 0 Å². The molecule has 1 saturated carbocycles. The lowest BCUT2D eigenvalue weighted by molar-refractivity contribution is -0.118. The second-order valence-electron chi connectivity index (χ2n) is 8.62. The molecule has 2 aromatic carbocycles. The molecule has 0 unspecified atom stereocenters. The Bertz CT molecular complexity index is 1440. The molecule has 8 heteroatoms. The minimum atomic E-state index is -0.485. The van der Waals surface area contributed by atoms with Gasteiger partial charge in [-0.05, 0) is 48.7 Å². The molecule has 0 radical (unpaired) electrons. The van der Waals surface area contributed by atoms with Gasteiger partial charge in [-0.25, -0.2) is 9.80 Å². The standard InChI is InChI=1S/C26H24N4O4/c31-23(18-5-1-2-6-18)20-13-14-30(27-15-20)25(33)19-11-9-17(10-12-19)16-29-22-8-4-3-7-21(22)24(32)28-26(29)34/h3-4,7-15,18,27H,1-2,5-6,16H2,(H,28,32,34). The minimum Gasteiger partial charge on any atom is -0.298 e. The molecule has 1 aliphatic heterocycles. The fourth-order valence-electron chi connectivity index (χ4n) is 4.56. The van der Waals surface area contributed by atoms with Crippen LogP contribution >= 0.6 is 0 Å². The lowest BCUT2D eigenvalue weighted by Gasteiger charge is -2.23. The van der Waals surface area contributed by atoms with Gasteiger partial charge in [-0.2, -0.15) is 0 Å². The SMILES string of the molecule is O=C(C1=CNN(C(=O)c2ccc(Cn3c(=O)[nH]c(=O)c4ccccc43)cc2)C=C1)C1CCCC1. The zero-order valence-electron chi connectivity index (χ0n) is 18.5. The highest BCUT2D eigenvalue weighted by Gasteiger charge is 2.26. The van der Waals surface area contributed by atoms with Crippen LogP contribution in [-0.2, 0) is 11.3 Å². The van der Waals surface area contributed by atoms with Gasteiger partial charge >= 0.3 is 5.69 Å². The number of amides is 1. The topological polar surface area (TPSA) is 104 Å². The van der Waals surface area contributed by atoms with Crippen molar-refractivity contribution in [1.29, 1.82) is 0 Å². The Morgan fingerprint density at radius 2 is 1.71 bits per heavy atom. The van der Waals surface area contributed by atoms with E-state index >= 15 is 0 Å². The van der Waals surface area contributed by atoms with Crippen molar-refractivity contribution in [3.8, 4) is 0 Å². The van der Waals surface area contributed by atoms with Crippen molar-refractivity contribution in [3.63, 3.8) is 0 Å². The highest BCUT2D eigenvalue weighted by Crippen LogP contribution is 2.28. The van der Waals surface area contributed by atoms with Gasteiger partial charge < -0.3 is 0 Å². The molecule has 172 valence electrons. The number of allylic oxidation sites excluding steroid dienone is 2. The van der Waals surface area contributed by atoms with E-state index in [1.807, 2.05) is 0 Å². The summed E-state index contributed by atoms with van der Waals surface area (Å²) in [6, 6.07) is 13.9. The molecule has 3 aromatic rings. The molecular weight excluding hydrogens is 432 g/mol. The Balaban J connectivity index is 1.29. The maximum atomic E-state index is 12.9. The van der Waals surface area contributed by atoms with Crippen molar-refractivity contribution in [2.24, 2.45) is 5.92 Å². The van der Waals surface area contributed by atoms with Crippen molar-refractivity contribution < 1.29 is 9.59 Å². The van der Waals surface area contributed by atoms with Crippen molar-refractivity contribution in [1.82, 2.24) is 20.0 Å². The maximum absolute atomic E-state index is 12.9. The number of nitrogens with zero attached hydrogens (tertiary/aromatic N) is 2. The first-order chi connectivity index (χ1) is 16.5. The average Bonchev–Trinajstić information content (AvgIpc) is 3.41. The van der Waals surface area contributed by atoms with E-state index in [9.17, 15) is 19.2 Å². The van der Waals surface area contributed by atoms with Gasteiger partial charge in [0.15, 0.2) is 5.78 Å². The Labute approximate surface area is 195 Å². The van der Waals surface area contributed by atoms with E-state index < -0.39 is 11.2 Å². The van der Waals surface area contributed by atoms with E-state index in [2.05, 4.69) is 10.4 Å². The normalized spacial score (nSPS) is 15.9. The maximum Gasteiger partial charge on any atom is 0.329 e. The Morgan fingerprint density at radius 3 is 2.41 bits per heavy atom. The molecule has 8 nitrogen and oxygen atoms in total. The van der Waals surface area contributed by atoms with E-state index in [0.29, 0.717) is 22.0 Å². The zero-order valence-corrected chi connectivity index (χ0v) is 18.5. The van der Waals surface area contributed by atoms with Gasteiger partial charge in [0.1, 0.15) is 0 Å². The van der Waals surface area contributed by atoms with Gasteiger partial charge in [0.2, 0.25) is 0 Å². The fraction of sp³-hybridized carbons (Fsp3) is 0.231. The number of aromatic nitrogens is 2. The number of H-pyrrole nitrogens is 1. The van der Waals surface area contributed by atoms with Gasteiger partial charge in [-0.3, -0.25) is 29.4 Å². The largest absolute Gasteiger partial charge is 0.329 e. The summed E-state index contributed by atoms with van der Waals surface area (Å²) in [5.74, 6) is -0.0552. The van der Waals surface area contributed by atoms with Gasteiger partial charge in [0.05, 0.1) is 17.4 Å². The van der Waals surface area contributed by atoms with Crippen LogP contribution < -0.4 is 16.7 Å². The molecule has 0 atom stereocenters. The van der Waals surface area contributed by atoms with Crippen LogP contribution in [0.4, 0.5) is 0 Å². The van der Waals surface area contributed by atoms with Crippen LogP contribution in [0, 0.1) is 5.92 Å². The summed E-state index contributed by atoms with van der Waals surface area (Å²) in [6.07, 6.45) is 8.88. The molecule has 2 aliphatic rings. The van der Waals surface area contributed by atoms with Crippen LogP contribution in [0.15, 0.2) is 82.2 Å². The summed E-state index contributed by atoms with van der Waals surface area (Å²) in [5.41, 5.74) is 4.40. The zero-order chi connectivity index (χ0) is 23.7. The number of ketones is 1. The van der Waals surface area contributed by atoms with E-state index in [-0.39, 0.29) is 24.2 Å². The molecule has 0 spiro atoms. The number of hydrazine groups is 1. The number of rotatable bonds is 5. The molecule has 0 saturated heterocycles. The van der Waals surface area contributed by atoms with Crippen LogP contribution in [-0.4, -0.2) is 26.3 Å². The summed E-state index contributed by atoms with van der Waals surface area (Å²) in [4.78, 5) is 52.2. The number of para-hydroxylation sites is 1. The monoisotopic (exact) mass is 456 g/mol. The second kappa shape index (κ2) is 8.97. The van der Waals surface area contributed by atoms with Crippen molar-refractivity contribution in [3.05, 3.63) is 105 Å². The highest BCUT2D eigenvalue weighted by molar-refractivity contribution is 6.00. The number of benzene rings is 2. The van der Waals surface area contributed by atoms with Crippen molar-refractivity contribution >= 4 is 22.6 Å². The van der Waals surface area contributed by atoms with Gasteiger partial charge in [0, 0.05) is 29.5 Å². The number of hydrogen-bond donors (Lipinski definition) is 2. The summed E-state index contributed by atoms with van der Waals surface area (Å²) >= 11 is 0. The number of hydrogen-bond acceptors (Lipinski definition) is 5. The molecule has 1 aliphatic carbocycles. The van der Waals surface area contributed by atoms with E-state index in [1.165, 1.54) is 9.58 Å². The van der Waals surface area contributed by atoms with Crippen LogP contribution in [0.25, 0.3) is 10.9 Å². The van der Waals surface area contributed by atoms with Crippen LogP contribution in [0.5, 0.6) is 0 Å². The third-order valence-corrected chi connectivity index (χ3v) is 6.44. The van der Waals surface area contributed by atoms with Gasteiger partial charge in [-0.15, -0.1) is 0 Å². The van der Waals surface area contributed by atoms with Gasteiger partial charge in [-0.1, -0.05) is 37.1 Å². The molecule has 1 amide bonds. The number of nitrogens with one attached hydrogen (secondary N) is 2. The Morgan fingerprint density at radius 1 is 0.971 bits per heavy atom. The van der Waals surface area contributed by atoms with E-state index in [0.717, 1.165) is 31.2 Å². The predicted octanol–water partition coefficient (Wildman–Crippen LogP) is 2.86. The van der Waals surface area contributed by atoms with Crippen LogP contribution in [0.1, 0.15) is 41.6 Å². The number of aromatic amines is 1. The Kier molecular flexibility index (Phi) is 5.71. The van der Waals surface area contributed by atoms with Crippen LogP contribution in [0.3, 0.4) is 0 Å². The number of Topliss-reactive ketones (excluding diaryl/α,β-unsaturated/α-hetero) is 1. The molecule has 2 heterocycles. The molecule has 0 bridgehead atoms. The lowest BCUT2D eigenvalue weighted by Crippen LogP contribution is -2.38. The average molecular weight is 457 g/mol. The molecule has 2 N–H and O–H groups in total. The lowest BCUT2D eigenvalue weighted by atomic mass is 9.96. The van der Waals surface area contributed by atoms with Crippen molar-refractivity contribution in [2.75, 3.05) is 0 Å². The third-order valence-electron chi connectivity index (χ3n) is 6.44. The summed E-state index contributed by atoms with van der Waals surface area (Å²) < 4.78 is 1.50. The molecular formula is C26H24N4O4. The molecule has 5 rings (SSSR count). The molecule has 1 fully saturated rings. The molecule has 1 aromatic heterocycles. The summed E-state index contributed by atoms with van der Waals surface area (Å²) in [5, 5.41) is 1.77. The first kappa shape index (κ1) is 21.6. The fourth-order valence-corrected chi connectivity index (χ4v) is 4.56. The quantitative estimate of drug-likeness (QED) is 0.614.